The second-order valence-corrected chi connectivity index (χ2v) is 7.53. The number of halogens is 5. The molecule has 0 saturated carbocycles. The lowest BCUT2D eigenvalue weighted by Crippen LogP contribution is -2.35. The van der Waals surface area contributed by atoms with Gasteiger partial charge in [0.25, 0.3) is 5.92 Å². The number of alkyl halides is 5. The Morgan fingerprint density at radius 3 is 2.53 bits per heavy atom. The van der Waals surface area contributed by atoms with Crippen LogP contribution in [0.4, 0.5) is 22.0 Å². The van der Waals surface area contributed by atoms with Gasteiger partial charge in [0, 0.05) is 36.4 Å². The van der Waals surface area contributed by atoms with Crippen LogP contribution in [0.25, 0.3) is 17.0 Å². The Balaban J connectivity index is 1.65. The molecular weight excluding hydrogens is 461 g/mol. The predicted molar refractivity (Wildman–Crippen MR) is 112 cm³/mol. The summed E-state index contributed by atoms with van der Waals surface area (Å²) >= 11 is 0. The molecule has 1 fully saturated rings. The van der Waals surface area contributed by atoms with Gasteiger partial charge in [0.05, 0.1) is 6.54 Å². The zero-order valence-electron chi connectivity index (χ0n) is 17.6. The van der Waals surface area contributed by atoms with Crippen LogP contribution in [0.1, 0.15) is 40.7 Å². The van der Waals surface area contributed by atoms with Crippen molar-refractivity contribution in [2.24, 2.45) is 0 Å². The number of carbonyl (C=O) groups excluding carboxylic acids is 2. The molecule has 0 bridgehead atoms. The highest BCUT2D eigenvalue weighted by atomic mass is 19.4. The van der Waals surface area contributed by atoms with Gasteiger partial charge in [0.1, 0.15) is 12.2 Å². The van der Waals surface area contributed by atoms with Crippen LogP contribution in [0.2, 0.25) is 0 Å². The summed E-state index contributed by atoms with van der Waals surface area (Å²) in [7, 11) is 0. The molecule has 0 N–H and O–H groups in total. The molecule has 0 spiro atoms. The molecule has 1 aromatic heterocycles. The van der Waals surface area contributed by atoms with Crippen LogP contribution in [-0.4, -0.2) is 46.6 Å². The number of aromatic nitrogens is 1. The second kappa shape index (κ2) is 9.99. The third kappa shape index (κ3) is 6.60. The first kappa shape index (κ1) is 24.8. The smallest absolute Gasteiger partial charge is 0.406 e. The minimum atomic E-state index is -4.80. The van der Waals surface area contributed by atoms with Crippen LogP contribution in [0, 0.1) is 6.57 Å². The van der Waals surface area contributed by atoms with Crippen LogP contribution in [0.15, 0.2) is 42.7 Å². The number of nitrogens with zero attached hydrogens (tertiary/aromatic N) is 3. The molecule has 2 heterocycles. The molecule has 0 aliphatic carbocycles. The second-order valence-electron chi connectivity index (χ2n) is 7.53. The van der Waals surface area contributed by atoms with E-state index in [0.717, 1.165) is 17.0 Å². The SMILES string of the molecule is [C-]#[N+][C@@H]1CC(F)(F)CN1C(=O)CCC(=O)c1ccncc1/C=C/c1ccc(OC(F)(F)F)cc1. The minimum absolute atomic E-state index is 0.240. The minimum Gasteiger partial charge on any atom is -0.406 e. The first-order chi connectivity index (χ1) is 16.0. The topological polar surface area (TPSA) is 63.9 Å². The number of rotatable bonds is 7. The first-order valence-electron chi connectivity index (χ1n) is 10.0. The monoisotopic (exact) mass is 479 g/mol. The van der Waals surface area contributed by atoms with Gasteiger partial charge in [0.2, 0.25) is 5.91 Å². The Labute approximate surface area is 191 Å². The molecule has 1 aliphatic heterocycles. The molecule has 0 unspecified atom stereocenters. The standard InChI is InChI=1S/C23H18F5N3O3/c1-29-20-12-22(24,25)14-31(20)21(33)9-8-19(32)18-10-11-30-13-16(18)5-2-15-3-6-17(7-4-15)34-23(26,27)28/h2-7,10-11,13,20H,8-9,12,14H2/b5-2+/t20-/m0/s1. The number of pyridine rings is 1. The van der Waals surface area contributed by atoms with Crippen molar-refractivity contribution in [1.29, 1.82) is 0 Å². The van der Waals surface area contributed by atoms with Crippen LogP contribution in [0.3, 0.4) is 0 Å². The molecule has 34 heavy (non-hydrogen) atoms. The number of ketones is 1. The number of hydrogen-bond acceptors (Lipinski definition) is 4. The van der Waals surface area contributed by atoms with E-state index >= 15 is 0 Å². The van der Waals surface area contributed by atoms with Gasteiger partial charge < -0.3 is 4.74 Å². The Bertz CT molecular complexity index is 1120. The number of ether oxygens (including phenoxy) is 1. The van der Waals surface area contributed by atoms with Gasteiger partial charge >= 0.3 is 12.5 Å². The largest absolute Gasteiger partial charge is 0.573 e. The summed E-state index contributed by atoms with van der Waals surface area (Å²) in [5.74, 6) is -4.62. The van der Waals surface area contributed by atoms with E-state index < -0.39 is 43.1 Å². The molecule has 178 valence electrons. The number of carbonyl (C=O) groups is 2. The lowest BCUT2D eigenvalue weighted by molar-refractivity contribution is -0.274. The number of likely N-dealkylation sites (tertiary alicyclic amines) is 1. The molecule has 2 aromatic rings. The molecular formula is C23H18F5N3O3. The quantitative estimate of drug-likeness (QED) is 0.310. The number of benzene rings is 1. The number of Topliss-reactive ketones (excluding diaryl/α,β-unsaturated/α-hetero) is 1. The highest BCUT2D eigenvalue weighted by Gasteiger charge is 2.50. The van der Waals surface area contributed by atoms with Crippen molar-refractivity contribution in [3.05, 3.63) is 70.8 Å². The molecule has 1 atom stereocenters. The molecule has 0 radical (unpaired) electrons. The summed E-state index contributed by atoms with van der Waals surface area (Å²) < 4.78 is 67.7. The zero-order valence-corrected chi connectivity index (χ0v) is 17.6. The lowest BCUT2D eigenvalue weighted by Gasteiger charge is -2.16. The Hall–Kier alpha value is -3.81. The van der Waals surface area contributed by atoms with Crippen LogP contribution in [-0.2, 0) is 4.79 Å². The fourth-order valence-electron chi connectivity index (χ4n) is 3.42. The fraction of sp³-hybridized carbons (Fsp3) is 0.304. The van der Waals surface area contributed by atoms with Crippen LogP contribution < -0.4 is 4.74 Å². The van der Waals surface area contributed by atoms with Gasteiger partial charge in [-0.3, -0.25) is 24.3 Å². The molecule has 1 aromatic carbocycles. The Morgan fingerprint density at radius 2 is 1.88 bits per heavy atom. The average molecular weight is 479 g/mol. The highest BCUT2D eigenvalue weighted by molar-refractivity contribution is 6.01. The van der Waals surface area contributed by atoms with Gasteiger partial charge in [-0.2, -0.15) is 0 Å². The molecule has 3 rings (SSSR count). The van der Waals surface area contributed by atoms with Gasteiger partial charge in [-0.15, -0.1) is 13.2 Å². The van der Waals surface area contributed by atoms with Crippen molar-refractivity contribution in [3.8, 4) is 5.75 Å². The molecule has 1 aliphatic rings. The van der Waals surface area contributed by atoms with E-state index in [2.05, 4.69) is 14.6 Å². The molecule has 6 nitrogen and oxygen atoms in total. The predicted octanol–water partition coefficient (Wildman–Crippen LogP) is 5.23. The van der Waals surface area contributed by atoms with E-state index in [1.54, 1.807) is 6.08 Å². The van der Waals surface area contributed by atoms with E-state index in [4.69, 9.17) is 6.57 Å². The van der Waals surface area contributed by atoms with Crippen LogP contribution >= 0.6 is 0 Å². The Kier molecular flexibility index (Phi) is 7.29. The molecule has 11 heteroatoms. The van der Waals surface area contributed by atoms with Crippen molar-refractivity contribution < 1.29 is 36.3 Å². The summed E-state index contributed by atoms with van der Waals surface area (Å²) in [6.07, 6.45) is -1.46. The van der Waals surface area contributed by atoms with E-state index in [0.29, 0.717) is 11.1 Å². The Morgan fingerprint density at radius 1 is 1.18 bits per heavy atom. The summed E-state index contributed by atoms with van der Waals surface area (Å²) in [6, 6.07) is 6.53. The van der Waals surface area contributed by atoms with Crippen molar-refractivity contribution >= 4 is 23.8 Å². The van der Waals surface area contributed by atoms with Gasteiger partial charge in [-0.1, -0.05) is 24.3 Å². The number of amides is 1. The van der Waals surface area contributed by atoms with Gasteiger partial charge in [-0.05, 0) is 23.8 Å². The molecule has 1 saturated heterocycles. The van der Waals surface area contributed by atoms with Gasteiger partial charge in [0.15, 0.2) is 5.78 Å². The van der Waals surface area contributed by atoms with Crippen molar-refractivity contribution in [2.45, 2.75) is 37.7 Å². The lowest BCUT2D eigenvalue weighted by atomic mass is 10.0. The fourth-order valence-corrected chi connectivity index (χ4v) is 3.42. The summed E-state index contributed by atoms with van der Waals surface area (Å²) in [6.45, 7) is 6.16. The van der Waals surface area contributed by atoms with Crippen molar-refractivity contribution in [3.63, 3.8) is 0 Å². The molecule has 1 amide bonds. The van der Waals surface area contributed by atoms with Crippen LogP contribution in [0.5, 0.6) is 5.75 Å². The van der Waals surface area contributed by atoms with E-state index in [1.165, 1.54) is 36.7 Å². The zero-order chi connectivity index (χ0) is 24.9. The maximum absolute atomic E-state index is 13.6. The maximum atomic E-state index is 13.6. The van der Waals surface area contributed by atoms with Crippen molar-refractivity contribution in [2.75, 3.05) is 6.54 Å². The summed E-state index contributed by atoms with van der Waals surface area (Å²) in [5.41, 5.74) is 1.18. The van der Waals surface area contributed by atoms with E-state index in [1.807, 2.05) is 0 Å². The summed E-state index contributed by atoms with van der Waals surface area (Å²) in [4.78, 5) is 32.9. The highest BCUT2D eigenvalue weighted by Crippen LogP contribution is 2.33. The van der Waals surface area contributed by atoms with E-state index in [-0.39, 0.29) is 24.2 Å². The third-order valence-electron chi connectivity index (χ3n) is 5.00. The summed E-state index contributed by atoms with van der Waals surface area (Å²) in [5, 5.41) is 0. The maximum Gasteiger partial charge on any atom is 0.573 e. The van der Waals surface area contributed by atoms with E-state index in [9.17, 15) is 31.5 Å². The number of hydrogen-bond donors (Lipinski definition) is 0. The normalized spacial score (nSPS) is 17.5. The third-order valence-corrected chi connectivity index (χ3v) is 5.00. The first-order valence-corrected chi connectivity index (χ1v) is 10.0. The average Bonchev–Trinajstić information content (AvgIpc) is 3.10. The van der Waals surface area contributed by atoms with Gasteiger partial charge in [-0.25, -0.2) is 15.4 Å². The van der Waals surface area contributed by atoms with Crippen molar-refractivity contribution in [1.82, 2.24) is 9.88 Å².